The first-order chi connectivity index (χ1) is 14.2. The van der Waals surface area contributed by atoms with Crippen LogP contribution in [0.5, 0.6) is 0 Å². The van der Waals surface area contributed by atoms with E-state index < -0.39 is 0 Å². The lowest BCUT2D eigenvalue weighted by Gasteiger charge is -2.25. The van der Waals surface area contributed by atoms with Crippen molar-refractivity contribution >= 4 is 11.9 Å². The van der Waals surface area contributed by atoms with Crippen LogP contribution < -0.4 is 16.0 Å². The van der Waals surface area contributed by atoms with Crippen molar-refractivity contribution in [2.24, 2.45) is 4.99 Å². The number of carbonyl (C=O) groups is 1. The summed E-state index contributed by atoms with van der Waals surface area (Å²) in [7, 11) is 1.65. The van der Waals surface area contributed by atoms with E-state index >= 15 is 0 Å². The second-order valence-corrected chi connectivity index (χ2v) is 7.85. The Kier molecular flexibility index (Phi) is 8.27. The third-order valence-corrected chi connectivity index (χ3v) is 5.44. The third kappa shape index (κ3) is 6.69. The molecule has 1 aliphatic carbocycles. The van der Waals surface area contributed by atoms with Crippen molar-refractivity contribution in [1.82, 2.24) is 30.7 Å². The van der Waals surface area contributed by atoms with E-state index in [1.807, 2.05) is 11.6 Å². The van der Waals surface area contributed by atoms with E-state index in [1.165, 1.54) is 19.3 Å². The number of amides is 1. The highest BCUT2D eigenvalue weighted by Gasteiger charge is 2.22. The van der Waals surface area contributed by atoms with Gasteiger partial charge in [-0.3, -0.25) is 9.79 Å². The van der Waals surface area contributed by atoms with Crippen molar-refractivity contribution < 1.29 is 9.53 Å². The molecule has 0 aromatic carbocycles. The van der Waals surface area contributed by atoms with Gasteiger partial charge < -0.3 is 20.7 Å². The number of aryl methyl sites for hydroxylation is 1. The summed E-state index contributed by atoms with van der Waals surface area (Å²) in [6.45, 7) is 4.48. The second kappa shape index (κ2) is 11.1. The van der Waals surface area contributed by atoms with Gasteiger partial charge in [-0.05, 0) is 26.2 Å². The molecule has 1 aromatic heterocycles. The van der Waals surface area contributed by atoms with Crippen LogP contribution in [0.25, 0.3) is 0 Å². The molecule has 1 atom stereocenters. The highest BCUT2D eigenvalue weighted by atomic mass is 16.5. The zero-order chi connectivity index (χ0) is 20.5. The van der Waals surface area contributed by atoms with E-state index in [2.05, 4.69) is 31.0 Å². The highest BCUT2D eigenvalue weighted by molar-refractivity contribution is 5.81. The Morgan fingerprint density at radius 2 is 2.03 bits per heavy atom. The van der Waals surface area contributed by atoms with Crippen molar-refractivity contribution in [2.45, 2.75) is 83.5 Å². The van der Waals surface area contributed by atoms with E-state index in [0.717, 1.165) is 56.4 Å². The summed E-state index contributed by atoms with van der Waals surface area (Å²) in [6, 6.07) is 0.585. The maximum absolute atomic E-state index is 12.2. The molecule has 1 aromatic rings. The van der Waals surface area contributed by atoms with E-state index in [-0.39, 0.29) is 11.9 Å². The van der Waals surface area contributed by atoms with Crippen LogP contribution in [0.2, 0.25) is 0 Å². The number of guanidine groups is 1. The number of ether oxygens (including phenoxy) is 1. The second-order valence-electron chi connectivity index (χ2n) is 7.85. The summed E-state index contributed by atoms with van der Waals surface area (Å²) >= 11 is 0. The minimum Gasteiger partial charge on any atom is -0.377 e. The molecular formula is C20H35N7O2. The minimum atomic E-state index is 0.104. The van der Waals surface area contributed by atoms with Crippen molar-refractivity contribution in [3.05, 3.63) is 11.6 Å². The number of aromatic nitrogens is 3. The summed E-state index contributed by atoms with van der Waals surface area (Å²) in [5.74, 6) is 2.60. The lowest BCUT2D eigenvalue weighted by molar-refractivity contribution is -0.121. The first-order valence-electron chi connectivity index (χ1n) is 10.9. The van der Waals surface area contributed by atoms with Crippen molar-refractivity contribution in [2.75, 3.05) is 20.2 Å². The number of hydrogen-bond acceptors (Lipinski definition) is 5. The van der Waals surface area contributed by atoms with Gasteiger partial charge in [-0.15, -0.1) is 0 Å². The first kappa shape index (κ1) is 21.5. The van der Waals surface area contributed by atoms with Crippen LogP contribution >= 0.6 is 0 Å². The molecule has 0 radical (unpaired) electrons. The Hall–Kier alpha value is -2.16. The molecule has 2 aliphatic rings. The van der Waals surface area contributed by atoms with Crippen LogP contribution in [0.4, 0.5) is 0 Å². The molecule has 3 rings (SSSR count). The van der Waals surface area contributed by atoms with Crippen LogP contribution in [-0.2, 0) is 29.1 Å². The van der Waals surface area contributed by atoms with Gasteiger partial charge in [0.2, 0.25) is 5.91 Å². The van der Waals surface area contributed by atoms with Crippen molar-refractivity contribution in [1.29, 1.82) is 0 Å². The smallest absolute Gasteiger partial charge is 0.222 e. The van der Waals surface area contributed by atoms with Crippen molar-refractivity contribution in [3.63, 3.8) is 0 Å². The monoisotopic (exact) mass is 405 g/mol. The molecule has 0 spiro atoms. The number of carbonyl (C=O) groups excluding carboxylic acids is 1. The quantitative estimate of drug-likeness (QED) is 0.442. The summed E-state index contributed by atoms with van der Waals surface area (Å²) in [5, 5.41) is 14.4. The van der Waals surface area contributed by atoms with E-state index in [4.69, 9.17) is 4.74 Å². The third-order valence-electron chi connectivity index (χ3n) is 5.44. The van der Waals surface area contributed by atoms with E-state index in [0.29, 0.717) is 25.6 Å². The van der Waals surface area contributed by atoms with Gasteiger partial charge in [-0.25, -0.2) is 9.67 Å². The molecule has 1 amide bonds. The lowest BCUT2D eigenvalue weighted by atomic mass is 9.95. The topological polar surface area (TPSA) is 105 Å². The number of aliphatic imine (C=N–C) groups is 1. The molecule has 1 saturated carbocycles. The summed E-state index contributed by atoms with van der Waals surface area (Å²) in [5.41, 5.74) is 0. The largest absolute Gasteiger partial charge is 0.377 e. The lowest BCUT2D eigenvalue weighted by Crippen LogP contribution is -2.47. The van der Waals surface area contributed by atoms with E-state index in [9.17, 15) is 4.79 Å². The van der Waals surface area contributed by atoms with E-state index in [1.54, 1.807) is 7.11 Å². The number of methoxy groups -OCH3 is 1. The fraction of sp³-hybridized carbons (Fsp3) is 0.800. The summed E-state index contributed by atoms with van der Waals surface area (Å²) in [6.07, 6.45) is 8.22. The predicted molar refractivity (Wildman–Crippen MR) is 112 cm³/mol. The molecule has 9 heteroatoms. The van der Waals surface area contributed by atoms with Gasteiger partial charge in [-0.1, -0.05) is 19.3 Å². The Balaban J connectivity index is 1.46. The standard InChI is InChI=1S/C20H35N7O2/c1-3-21-20(22-12-11-19(28)23-15-7-5-4-6-8-15)24-16-9-10-18-25-17(14-29-2)26-27(18)13-16/h15-16H,3-14H2,1-2H3,(H,23,28)(H2,21,22,24). The first-order valence-corrected chi connectivity index (χ1v) is 10.9. The van der Waals surface area contributed by atoms with Crippen LogP contribution in [0, 0.1) is 0 Å². The molecule has 1 fully saturated rings. The minimum absolute atomic E-state index is 0.104. The predicted octanol–water partition coefficient (Wildman–Crippen LogP) is 1.13. The van der Waals surface area contributed by atoms with Gasteiger partial charge in [0, 0.05) is 38.6 Å². The van der Waals surface area contributed by atoms with Gasteiger partial charge in [0.15, 0.2) is 11.8 Å². The fourth-order valence-corrected chi connectivity index (χ4v) is 4.00. The van der Waals surface area contributed by atoms with Gasteiger partial charge in [0.05, 0.1) is 13.1 Å². The Morgan fingerprint density at radius 1 is 1.21 bits per heavy atom. The maximum atomic E-state index is 12.2. The molecule has 0 saturated heterocycles. The van der Waals surface area contributed by atoms with Crippen LogP contribution in [0.1, 0.15) is 63.5 Å². The van der Waals surface area contributed by atoms with Gasteiger partial charge >= 0.3 is 0 Å². The zero-order valence-corrected chi connectivity index (χ0v) is 17.7. The van der Waals surface area contributed by atoms with Gasteiger partial charge in [-0.2, -0.15) is 5.10 Å². The normalized spacial score (nSPS) is 20.2. The van der Waals surface area contributed by atoms with Crippen LogP contribution in [0.15, 0.2) is 4.99 Å². The molecule has 29 heavy (non-hydrogen) atoms. The molecule has 1 unspecified atom stereocenters. The molecule has 2 heterocycles. The Bertz CT molecular complexity index is 682. The molecule has 9 nitrogen and oxygen atoms in total. The summed E-state index contributed by atoms with van der Waals surface area (Å²) < 4.78 is 7.08. The number of rotatable bonds is 8. The van der Waals surface area contributed by atoms with Gasteiger partial charge in [0.25, 0.3) is 0 Å². The number of nitrogens with zero attached hydrogens (tertiary/aromatic N) is 4. The van der Waals surface area contributed by atoms with Crippen LogP contribution in [-0.4, -0.2) is 58.9 Å². The maximum Gasteiger partial charge on any atom is 0.222 e. The van der Waals surface area contributed by atoms with Crippen LogP contribution in [0.3, 0.4) is 0 Å². The molecule has 0 bridgehead atoms. The molecule has 162 valence electrons. The summed E-state index contributed by atoms with van der Waals surface area (Å²) in [4.78, 5) is 21.3. The average molecular weight is 406 g/mol. The Labute approximate surface area is 173 Å². The number of hydrogen-bond donors (Lipinski definition) is 3. The zero-order valence-electron chi connectivity index (χ0n) is 17.7. The Morgan fingerprint density at radius 3 is 2.79 bits per heavy atom. The molecule has 3 N–H and O–H groups in total. The fourth-order valence-electron chi connectivity index (χ4n) is 4.00. The van der Waals surface area contributed by atoms with Gasteiger partial charge in [0.1, 0.15) is 12.4 Å². The highest BCUT2D eigenvalue weighted by Crippen LogP contribution is 2.17. The number of nitrogens with one attached hydrogen (secondary N) is 3. The molecular weight excluding hydrogens is 370 g/mol. The number of fused-ring (bicyclic) bond motifs is 1. The van der Waals surface area contributed by atoms with Crippen molar-refractivity contribution in [3.8, 4) is 0 Å². The average Bonchev–Trinajstić information content (AvgIpc) is 3.11. The SMILES string of the molecule is CCNC(=NCCC(=O)NC1CCCCC1)NC1CCc2nc(COC)nn2C1. The molecule has 1 aliphatic heterocycles.